The number of carbonyl (C=O) groups is 1. The zero-order chi connectivity index (χ0) is 8.72. The summed E-state index contributed by atoms with van der Waals surface area (Å²) in [6, 6.07) is 1.14. The number of amides is 1. The van der Waals surface area contributed by atoms with Crippen LogP contribution in [0.3, 0.4) is 0 Å². The second kappa shape index (κ2) is 2.73. The van der Waals surface area contributed by atoms with Crippen molar-refractivity contribution in [1.29, 1.82) is 0 Å². The van der Waals surface area contributed by atoms with Crippen molar-refractivity contribution < 1.29 is 4.79 Å². The van der Waals surface area contributed by atoms with Gasteiger partial charge in [-0.3, -0.25) is 9.69 Å². The molecule has 68 valence electrons. The molecule has 2 heterocycles. The number of likely N-dealkylation sites (N-methyl/N-ethyl adjacent to an activating group) is 2. The molecule has 3 nitrogen and oxygen atoms in total. The lowest BCUT2D eigenvalue weighted by Gasteiger charge is -2.22. The molecule has 2 bridgehead atoms. The molecule has 0 aromatic heterocycles. The van der Waals surface area contributed by atoms with Crippen molar-refractivity contribution in [3.8, 4) is 0 Å². The van der Waals surface area contributed by atoms with Gasteiger partial charge in [-0.2, -0.15) is 0 Å². The molecule has 2 atom stereocenters. The van der Waals surface area contributed by atoms with Crippen LogP contribution < -0.4 is 0 Å². The summed E-state index contributed by atoms with van der Waals surface area (Å²) in [4.78, 5) is 15.7. The standard InChI is InChI=1S/C9H16N2O/c1-10-6-8-4-3-7(11(8)2)5-9(10)12/h7-8H,3-6H2,1-2H3/t7-,8-/m0/s1. The average Bonchev–Trinajstić information content (AvgIpc) is 2.30. The van der Waals surface area contributed by atoms with E-state index < -0.39 is 0 Å². The third-order valence-corrected chi connectivity index (χ3v) is 3.31. The Bertz CT molecular complexity index is 205. The van der Waals surface area contributed by atoms with E-state index in [0.717, 1.165) is 13.0 Å². The minimum absolute atomic E-state index is 0.314. The molecule has 0 aromatic rings. The molecule has 0 spiro atoms. The van der Waals surface area contributed by atoms with E-state index in [0.29, 0.717) is 18.0 Å². The number of fused-ring (bicyclic) bond motifs is 2. The third kappa shape index (κ3) is 1.12. The lowest BCUT2D eigenvalue weighted by atomic mass is 10.1. The summed E-state index contributed by atoms with van der Waals surface area (Å²) in [6.07, 6.45) is 3.20. The van der Waals surface area contributed by atoms with E-state index in [2.05, 4.69) is 11.9 Å². The molecule has 2 aliphatic rings. The van der Waals surface area contributed by atoms with Crippen LogP contribution in [0.15, 0.2) is 0 Å². The van der Waals surface area contributed by atoms with Crippen LogP contribution in [0.2, 0.25) is 0 Å². The Morgan fingerprint density at radius 1 is 1.25 bits per heavy atom. The topological polar surface area (TPSA) is 23.6 Å². The van der Waals surface area contributed by atoms with Gasteiger partial charge >= 0.3 is 0 Å². The van der Waals surface area contributed by atoms with Crippen molar-refractivity contribution in [3.05, 3.63) is 0 Å². The molecular formula is C9H16N2O. The van der Waals surface area contributed by atoms with Crippen molar-refractivity contribution in [3.63, 3.8) is 0 Å². The Kier molecular flexibility index (Phi) is 1.83. The summed E-state index contributed by atoms with van der Waals surface area (Å²) in [5.41, 5.74) is 0. The minimum Gasteiger partial charge on any atom is -0.344 e. The summed E-state index contributed by atoms with van der Waals surface area (Å²) in [5.74, 6) is 0.314. The summed E-state index contributed by atoms with van der Waals surface area (Å²) in [5, 5.41) is 0. The Hall–Kier alpha value is -0.570. The van der Waals surface area contributed by atoms with Gasteiger partial charge in [0, 0.05) is 32.1 Å². The predicted molar refractivity (Wildman–Crippen MR) is 46.8 cm³/mol. The maximum atomic E-state index is 11.4. The quantitative estimate of drug-likeness (QED) is 0.520. The molecule has 2 fully saturated rings. The van der Waals surface area contributed by atoms with E-state index in [1.807, 2.05) is 11.9 Å². The van der Waals surface area contributed by atoms with Crippen LogP contribution in [0.1, 0.15) is 19.3 Å². The molecule has 0 radical (unpaired) electrons. The fourth-order valence-corrected chi connectivity index (χ4v) is 2.33. The fraction of sp³-hybridized carbons (Fsp3) is 0.889. The van der Waals surface area contributed by atoms with E-state index in [9.17, 15) is 4.79 Å². The molecule has 0 N–H and O–H groups in total. The SMILES string of the molecule is CN1C[C@@H]2CC[C@@H](CC1=O)N2C. The van der Waals surface area contributed by atoms with Crippen LogP contribution in [-0.2, 0) is 4.79 Å². The van der Waals surface area contributed by atoms with Crippen LogP contribution in [-0.4, -0.2) is 48.4 Å². The Balaban J connectivity index is 2.16. The molecule has 0 unspecified atom stereocenters. The first kappa shape index (κ1) is 8.05. The van der Waals surface area contributed by atoms with Crippen molar-refractivity contribution in [2.45, 2.75) is 31.3 Å². The van der Waals surface area contributed by atoms with Gasteiger partial charge in [0.2, 0.25) is 5.91 Å². The van der Waals surface area contributed by atoms with Gasteiger partial charge in [0.15, 0.2) is 0 Å². The Morgan fingerprint density at radius 2 is 1.92 bits per heavy atom. The van der Waals surface area contributed by atoms with Crippen molar-refractivity contribution in [2.24, 2.45) is 0 Å². The number of rotatable bonds is 0. The first-order chi connectivity index (χ1) is 5.68. The molecule has 0 saturated carbocycles. The first-order valence-electron chi connectivity index (χ1n) is 4.64. The van der Waals surface area contributed by atoms with E-state index in [1.165, 1.54) is 12.8 Å². The van der Waals surface area contributed by atoms with Gasteiger partial charge in [-0.05, 0) is 19.9 Å². The summed E-state index contributed by atoms with van der Waals surface area (Å²) < 4.78 is 0. The highest BCUT2D eigenvalue weighted by molar-refractivity contribution is 5.77. The van der Waals surface area contributed by atoms with Gasteiger partial charge in [0.05, 0.1) is 0 Å². The molecule has 2 aliphatic heterocycles. The number of hydrogen-bond donors (Lipinski definition) is 0. The summed E-state index contributed by atoms with van der Waals surface area (Å²) in [7, 11) is 4.06. The van der Waals surface area contributed by atoms with Gasteiger partial charge < -0.3 is 4.90 Å². The predicted octanol–water partition coefficient (Wildman–Crippen LogP) is 0.311. The maximum Gasteiger partial charge on any atom is 0.223 e. The average molecular weight is 168 g/mol. The molecule has 0 aromatic carbocycles. The fourth-order valence-electron chi connectivity index (χ4n) is 2.33. The maximum absolute atomic E-state index is 11.4. The molecule has 1 amide bonds. The highest BCUT2D eigenvalue weighted by Crippen LogP contribution is 2.28. The second-order valence-electron chi connectivity index (χ2n) is 4.03. The smallest absolute Gasteiger partial charge is 0.223 e. The van der Waals surface area contributed by atoms with Gasteiger partial charge in [0.1, 0.15) is 0 Å². The second-order valence-corrected chi connectivity index (χ2v) is 4.03. The normalized spacial score (nSPS) is 37.2. The number of carbonyl (C=O) groups excluding carboxylic acids is 1. The van der Waals surface area contributed by atoms with Crippen molar-refractivity contribution >= 4 is 5.91 Å². The third-order valence-electron chi connectivity index (χ3n) is 3.31. The highest BCUT2D eigenvalue weighted by Gasteiger charge is 2.36. The molecular weight excluding hydrogens is 152 g/mol. The van der Waals surface area contributed by atoms with Crippen LogP contribution in [0.4, 0.5) is 0 Å². The van der Waals surface area contributed by atoms with Crippen LogP contribution >= 0.6 is 0 Å². The molecule has 3 heteroatoms. The van der Waals surface area contributed by atoms with E-state index >= 15 is 0 Å². The van der Waals surface area contributed by atoms with Gasteiger partial charge in [0.25, 0.3) is 0 Å². The lowest BCUT2D eigenvalue weighted by Crippen LogP contribution is -2.35. The van der Waals surface area contributed by atoms with Gasteiger partial charge in [-0.25, -0.2) is 0 Å². The van der Waals surface area contributed by atoms with Crippen molar-refractivity contribution in [2.75, 3.05) is 20.6 Å². The van der Waals surface area contributed by atoms with E-state index in [1.54, 1.807) is 0 Å². The largest absolute Gasteiger partial charge is 0.344 e. The molecule has 12 heavy (non-hydrogen) atoms. The Morgan fingerprint density at radius 3 is 2.67 bits per heavy atom. The minimum atomic E-state index is 0.314. The van der Waals surface area contributed by atoms with Gasteiger partial charge in [-0.1, -0.05) is 0 Å². The highest BCUT2D eigenvalue weighted by atomic mass is 16.2. The summed E-state index contributed by atoms with van der Waals surface area (Å²) >= 11 is 0. The number of likely N-dealkylation sites (tertiary alicyclic amines) is 1. The molecule has 2 saturated heterocycles. The Labute approximate surface area is 73.3 Å². The molecule has 0 aliphatic carbocycles. The molecule has 2 rings (SSSR count). The van der Waals surface area contributed by atoms with Crippen molar-refractivity contribution in [1.82, 2.24) is 9.80 Å². The first-order valence-corrected chi connectivity index (χ1v) is 4.64. The van der Waals surface area contributed by atoms with Gasteiger partial charge in [-0.15, -0.1) is 0 Å². The van der Waals surface area contributed by atoms with E-state index in [-0.39, 0.29) is 0 Å². The van der Waals surface area contributed by atoms with E-state index in [4.69, 9.17) is 0 Å². The summed E-state index contributed by atoms with van der Waals surface area (Å²) in [6.45, 7) is 0.922. The van der Waals surface area contributed by atoms with Crippen LogP contribution in [0.5, 0.6) is 0 Å². The zero-order valence-corrected chi connectivity index (χ0v) is 7.79. The zero-order valence-electron chi connectivity index (χ0n) is 7.79. The number of nitrogens with zero attached hydrogens (tertiary/aromatic N) is 2. The van der Waals surface area contributed by atoms with Crippen LogP contribution in [0, 0.1) is 0 Å². The van der Waals surface area contributed by atoms with Crippen LogP contribution in [0.25, 0.3) is 0 Å². The lowest BCUT2D eigenvalue weighted by molar-refractivity contribution is -0.130. The monoisotopic (exact) mass is 168 g/mol. The number of hydrogen-bond acceptors (Lipinski definition) is 2.